The van der Waals surface area contributed by atoms with E-state index >= 15 is 0 Å². The van der Waals surface area contributed by atoms with Gasteiger partial charge < -0.3 is 15.5 Å². The Balaban J connectivity index is 1.81. The first-order chi connectivity index (χ1) is 9.11. The van der Waals surface area contributed by atoms with Gasteiger partial charge in [0.15, 0.2) is 0 Å². The van der Waals surface area contributed by atoms with Gasteiger partial charge in [0.1, 0.15) is 0 Å². The normalized spacial score (nSPS) is 29.7. The number of carbonyl (C=O) groups excluding carboxylic acids is 2. The van der Waals surface area contributed by atoms with Gasteiger partial charge >= 0.3 is 0 Å². The summed E-state index contributed by atoms with van der Waals surface area (Å²) in [6.07, 6.45) is 6.38. The molecule has 1 saturated heterocycles. The highest BCUT2D eigenvalue weighted by Crippen LogP contribution is 2.33. The molecule has 0 aromatic heterocycles. The van der Waals surface area contributed by atoms with E-state index in [-0.39, 0.29) is 17.9 Å². The highest BCUT2D eigenvalue weighted by molar-refractivity contribution is 5.83. The van der Waals surface area contributed by atoms with Gasteiger partial charge in [-0.3, -0.25) is 9.59 Å². The fourth-order valence-electron chi connectivity index (χ4n) is 3.28. The average Bonchev–Trinajstić information content (AvgIpc) is 2.87. The van der Waals surface area contributed by atoms with Crippen molar-refractivity contribution in [1.29, 1.82) is 0 Å². The maximum Gasteiger partial charge on any atom is 0.239 e. The van der Waals surface area contributed by atoms with Crippen LogP contribution in [0.1, 0.15) is 38.5 Å². The summed E-state index contributed by atoms with van der Waals surface area (Å²) in [7, 11) is 3.41. The van der Waals surface area contributed by atoms with Gasteiger partial charge in [-0.25, -0.2) is 0 Å². The highest BCUT2D eigenvalue weighted by Gasteiger charge is 2.39. The van der Waals surface area contributed by atoms with Crippen molar-refractivity contribution >= 4 is 11.8 Å². The van der Waals surface area contributed by atoms with Crippen LogP contribution in [-0.4, -0.2) is 49.4 Å². The summed E-state index contributed by atoms with van der Waals surface area (Å²) in [5.41, 5.74) is 0. The number of amides is 2. The van der Waals surface area contributed by atoms with Crippen molar-refractivity contribution in [3.8, 4) is 0 Å². The molecule has 2 rings (SSSR count). The van der Waals surface area contributed by atoms with Crippen molar-refractivity contribution in [1.82, 2.24) is 15.5 Å². The van der Waals surface area contributed by atoms with Gasteiger partial charge in [-0.15, -0.1) is 0 Å². The van der Waals surface area contributed by atoms with E-state index < -0.39 is 0 Å². The molecule has 0 spiro atoms. The van der Waals surface area contributed by atoms with Gasteiger partial charge in [0.2, 0.25) is 11.8 Å². The number of hydrogen-bond acceptors (Lipinski definition) is 3. The molecular formula is C14H25N3O2. The predicted molar refractivity (Wildman–Crippen MR) is 73.6 cm³/mol. The number of carbonyl (C=O) groups is 2. The third-order valence-electron chi connectivity index (χ3n) is 4.49. The summed E-state index contributed by atoms with van der Waals surface area (Å²) < 4.78 is 0. The van der Waals surface area contributed by atoms with Crippen LogP contribution in [0, 0.1) is 5.92 Å². The second kappa shape index (κ2) is 6.37. The molecule has 3 unspecified atom stereocenters. The third kappa shape index (κ3) is 3.47. The van der Waals surface area contributed by atoms with Crippen LogP contribution in [0.2, 0.25) is 0 Å². The van der Waals surface area contributed by atoms with Crippen LogP contribution >= 0.6 is 0 Å². The zero-order valence-electron chi connectivity index (χ0n) is 11.9. The first kappa shape index (κ1) is 14.3. The molecule has 1 saturated carbocycles. The SMILES string of the molecule is CNC(=O)CCN(C)C(=O)C1CC2CCCCC2N1. The Bertz CT molecular complexity index is 332. The largest absolute Gasteiger partial charge is 0.359 e. The second-order valence-electron chi connectivity index (χ2n) is 5.79. The van der Waals surface area contributed by atoms with Crippen molar-refractivity contribution in [3.63, 3.8) is 0 Å². The van der Waals surface area contributed by atoms with E-state index in [1.807, 2.05) is 0 Å². The summed E-state index contributed by atoms with van der Waals surface area (Å²) in [6, 6.07) is 0.498. The minimum absolute atomic E-state index is 0.0206. The van der Waals surface area contributed by atoms with E-state index in [1.54, 1.807) is 19.0 Å². The molecule has 2 N–H and O–H groups in total. The number of rotatable bonds is 4. The van der Waals surface area contributed by atoms with Gasteiger partial charge in [0.05, 0.1) is 6.04 Å². The summed E-state index contributed by atoms with van der Waals surface area (Å²) in [5, 5.41) is 6.06. The lowest BCUT2D eigenvalue weighted by atomic mass is 9.85. The van der Waals surface area contributed by atoms with Crippen LogP contribution in [-0.2, 0) is 9.59 Å². The monoisotopic (exact) mass is 267 g/mol. The molecular weight excluding hydrogens is 242 g/mol. The molecule has 19 heavy (non-hydrogen) atoms. The molecule has 3 atom stereocenters. The fraction of sp³-hybridized carbons (Fsp3) is 0.857. The molecule has 5 nitrogen and oxygen atoms in total. The molecule has 2 fully saturated rings. The Kier molecular flexibility index (Phi) is 4.80. The standard InChI is InChI=1S/C14H25N3O2/c1-15-13(18)7-8-17(2)14(19)12-9-10-5-3-4-6-11(10)16-12/h10-12,16H,3-9H2,1-2H3,(H,15,18). The first-order valence-corrected chi connectivity index (χ1v) is 7.33. The van der Waals surface area contributed by atoms with E-state index in [9.17, 15) is 9.59 Å². The van der Waals surface area contributed by atoms with Gasteiger partial charge in [0, 0.05) is 33.1 Å². The first-order valence-electron chi connectivity index (χ1n) is 7.33. The van der Waals surface area contributed by atoms with E-state index in [2.05, 4.69) is 10.6 Å². The highest BCUT2D eigenvalue weighted by atomic mass is 16.2. The minimum atomic E-state index is -0.0391. The Labute approximate surface area is 115 Å². The maximum atomic E-state index is 12.3. The predicted octanol–water partition coefficient (Wildman–Crippen LogP) is 0.502. The third-order valence-corrected chi connectivity index (χ3v) is 4.49. The summed E-state index contributed by atoms with van der Waals surface area (Å²) in [6.45, 7) is 0.492. The molecule has 1 aliphatic carbocycles. The van der Waals surface area contributed by atoms with Crippen molar-refractivity contribution < 1.29 is 9.59 Å². The minimum Gasteiger partial charge on any atom is -0.359 e. The van der Waals surface area contributed by atoms with E-state index in [4.69, 9.17) is 0 Å². The van der Waals surface area contributed by atoms with E-state index in [0.717, 1.165) is 6.42 Å². The van der Waals surface area contributed by atoms with Crippen molar-refractivity contribution in [2.45, 2.75) is 50.6 Å². The molecule has 2 aliphatic rings. The zero-order chi connectivity index (χ0) is 13.8. The Morgan fingerprint density at radius 1 is 1.32 bits per heavy atom. The van der Waals surface area contributed by atoms with E-state index in [1.165, 1.54) is 25.7 Å². The number of nitrogens with zero attached hydrogens (tertiary/aromatic N) is 1. The molecule has 1 heterocycles. The summed E-state index contributed by atoms with van der Waals surface area (Å²) in [4.78, 5) is 25.2. The van der Waals surface area contributed by atoms with Crippen LogP contribution in [0.25, 0.3) is 0 Å². The molecule has 2 amide bonds. The van der Waals surface area contributed by atoms with Crippen molar-refractivity contribution in [2.24, 2.45) is 5.92 Å². The Morgan fingerprint density at radius 2 is 2.05 bits per heavy atom. The van der Waals surface area contributed by atoms with Gasteiger partial charge in [-0.2, -0.15) is 0 Å². The van der Waals surface area contributed by atoms with Crippen LogP contribution < -0.4 is 10.6 Å². The fourth-order valence-corrected chi connectivity index (χ4v) is 3.28. The average molecular weight is 267 g/mol. The Hall–Kier alpha value is -1.10. The molecule has 0 bridgehead atoms. The zero-order valence-corrected chi connectivity index (χ0v) is 11.9. The number of nitrogens with one attached hydrogen (secondary N) is 2. The molecule has 1 aliphatic heterocycles. The second-order valence-corrected chi connectivity index (χ2v) is 5.79. The molecule has 108 valence electrons. The van der Waals surface area contributed by atoms with Gasteiger partial charge in [-0.05, 0) is 25.2 Å². The molecule has 0 aromatic rings. The molecule has 0 radical (unpaired) electrons. The van der Waals surface area contributed by atoms with Crippen LogP contribution in [0.15, 0.2) is 0 Å². The van der Waals surface area contributed by atoms with Crippen molar-refractivity contribution in [3.05, 3.63) is 0 Å². The molecule has 5 heteroatoms. The smallest absolute Gasteiger partial charge is 0.239 e. The van der Waals surface area contributed by atoms with E-state index in [0.29, 0.717) is 24.9 Å². The van der Waals surface area contributed by atoms with Crippen molar-refractivity contribution in [2.75, 3.05) is 20.6 Å². The topological polar surface area (TPSA) is 61.4 Å². The Morgan fingerprint density at radius 3 is 2.74 bits per heavy atom. The lowest BCUT2D eigenvalue weighted by Crippen LogP contribution is -2.44. The van der Waals surface area contributed by atoms with Crippen LogP contribution in [0.5, 0.6) is 0 Å². The summed E-state index contributed by atoms with van der Waals surface area (Å²) in [5.74, 6) is 0.793. The number of fused-ring (bicyclic) bond motifs is 1. The lowest BCUT2D eigenvalue weighted by molar-refractivity contribution is -0.132. The molecule has 0 aromatic carbocycles. The summed E-state index contributed by atoms with van der Waals surface area (Å²) >= 11 is 0. The lowest BCUT2D eigenvalue weighted by Gasteiger charge is -2.24. The number of likely N-dealkylation sites (N-methyl/N-ethyl adjacent to an activating group) is 1. The van der Waals surface area contributed by atoms with Crippen LogP contribution in [0.4, 0.5) is 0 Å². The maximum absolute atomic E-state index is 12.3. The van der Waals surface area contributed by atoms with Gasteiger partial charge in [-0.1, -0.05) is 12.8 Å². The van der Waals surface area contributed by atoms with Crippen LogP contribution in [0.3, 0.4) is 0 Å². The quantitative estimate of drug-likeness (QED) is 0.780. The number of hydrogen-bond donors (Lipinski definition) is 2. The van der Waals surface area contributed by atoms with Gasteiger partial charge in [0.25, 0.3) is 0 Å².